The summed E-state index contributed by atoms with van der Waals surface area (Å²) in [5.41, 5.74) is 6.63. The first-order chi connectivity index (χ1) is 16.0. The van der Waals surface area contributed by atoms with E-state index in [1.165, 1.54) is 22.3 Å². The molecule has 2 aliphatic carbocycles. The van der Waals surface area contributed by atoms with E-state index in [1.54, 1.807) is 4.90 Å². The number of hydrogen-bond acceptors (Lipinski definition) is 4. The van der Waals surface area contributed by atoms with Crippen molar-refractivity contribution in [1.82, 2.24) is 9.80 Å². The van der Waals surface area contributed by atoms with E-state index < -0.39 is 5.60 Å². The highest BCUT2D eigenvalue weighted by molar-refractivity contribution is 5.95. The molecule has 0 spiro atoms. The summed E-state index contributed by atoms with van der Waals surface area (Å²) in [6.45, 7) is 3.91. The number of fused-ring (bicyclic) bond motifs is 2. The van der Waals surface area contributed by atoms with Gasteiger partial charge in [0.25, 0.3) is 11.8 Å². The highest BCUT2D eigenvalue weighted by Gasteiger charge is 2.50. The Bertz CT molecular complexity index is 1140. The number of benzene rings is 2. The first-order valence-corrected chi connectivity index (χ1v) is 12.0. The largest absolute Gasteiger partial charge is 0.380 e. The molecule has 0 unspecified atom stereocenters. The van der Waals surface area contributed by atoms with Gasteiger partial charge >= 0.3 is 0 Å². The normalized spacial score (nSPS) is 21.1. The van der Waals surface area contributed by atoms with E-state index in [0.717, 1.165) is 31.6 Å². The van der Waals surface area contributed by atoms with Crippen LogP contribution < -0.4 is 4.90 Å². The Labute approximate surface area is 194 Å². The maximum absolute atomic E-state index is 13.0. The third-order valence-corrected chi connectivity index (χ3v) is 7.64. The van der Waals surface area contributed by atoms with E-state index in [0.29, 0.717) is 44.6 Å². The van der Waals surface area contributed by atoms with Crippen LogP contribution in [-0.4, -0.2) is 71.6 Å². The summed E-state index contributed by atoms with van der Waals surface area (Å²) in [6.07, 6.45) is 3.22. The van der Waals surface area contributed by atoms with Crippen LogP contribution in [0.15, 0.2) is 54.1 Å². The van der Waals surface area contributed by atoms with Crippen LogP contribution in [0.2, 0.25) is 0 Å². The molecular formula is C27H29N3O3. The molecule has 2 fully saturated rings. The van der Waals surface area contributed by atoms with Crippen LogP contribution in [0.1, 0.15) is 40.7 Å². The summed E-state index contributed by atoms with van der Waals surface area (Å²) in [4.78, 5) is 31.2. The molecule has 1 saturated carbocycles. The second kappa shape index (κ2) is 7.73. The fourth-order valence-corrected chi connectivity index (χ4v) is 5.47. The molecule has 6 nitrogen and oxygen atoms in total. The van der Waals surface area contributed by atoms with E-state index in [2.05, 4.69) is 41.3 Å². The molecule has 2 aromatic rings. The van der Waals surface area contributed by atoms with Crippen molar-refractivity contribution >= 4 is 23.1 Å². The number of anilines is 1. The van der Waals surface area contributed by atoms with Crippen molar-refractivity contribution in [3.05, 3.63) is 70.8 Å². The van der Waals surface area contributed by atoms with Gasteiger partial charge in [-0.3, -0.25) is 9.59 Å². The van der Waals surface area contributed by atoms with Crippen molar-refractivity contribution in [2.24, 2.45) is 0 Å². The standard InChI is InChI=1S/C27H29N3O3/c31-25(28-13-15-29(16-14-28)26(32)27(33)10-11-27)19-5-7-22(8-6-19)30-12-9-24-21(18-30)17-20-3-1-2-4-23(20)24/h1-8,33H,9-18H2. The summed E-state index contributed by atoms with van der Waals surface area (Å²) in [5.74, 6) is -0.169. The number of nitrogens with zero attached hydrogens (tertiary/aromatic N) is 3. The lowest BCUT2D eigenvalue weighted by molar-refractivity contribution is -0.143. The molecule has 170 valence electrons. The fourth-order valence-electron chi connectivity index (χ4n) is 5.47. The molecule has 0 radical (unpaired) electrons. The molecular weight excluding hydrogens is 414 g/mol. The average molecular weight is 444 g/mol. The molecule has 2 aliphatic heterocycles. The number of amides is 2. The van der Waals surface area contributed by atoms with Gasteiger partial charge in [-0.05, 0) is 72.2 Å². The van der Waals surface area contributed by atoms with Crippen molar-refractivity contribution in [2.45, 2.75) is 31.3 Å². The van der Waals surface area contributed by atoms with Gasteiger partial charge in [-0.2, -0.15) is 0 Å². The van der Waals surface area contributed by atoms with E-state index in [9.17, 15) is 14.7 Å². The highest BCUT2D eigenvalue weighted by Crippen LogP contribution is 2.39. The monoisotopic (exact) mass is 443 g/mol. The van der Waals surface area contributed by atoms with Crippen molar-refractivity contribution in [3.8, 4) is 0 Å². The van der Waals surface area contributed by atoms with Crippen LogP contribution in [-0.2, 0) is 11.2 Å². The van der Waals surface area contributed by atoms with Gasteiger partial charge in [0, 0.05) is 50.5 Å². The molecule has 0 aromatic heterocycles. The second-order valence-corrected chi connectivity index (χ2v) is 9.75. The van der Waals surface area contributed by atoms with E-state index >= 15 is 0 Å². The number of carbonyl (C=O) groups is 2. The minimum atomic E-state index is -1.13. The summed E-state index contributed by atoms with van der Waals surface area (Å²) in [5, 5.41) is 10.1. The number of piperazine rings is 1. The van der Waals surface area contributed by atoms with Crippen LogP contribution in [0.3, 0.4) is 0 Å². The van der Waals surface area contributed by atoms with Crippen LogP contribution >= 0.6 is 0 Å². The maximum Gasteiger partial charge on any atom is 0.254 e. The first-order valence-electron chi connectivity index (χ1n) is 12.0. The molecule has 1 saturated heterocycles. The Morgan fingerprint density at radius 3 is 2.27 bits per heavy atom. The third-order valence-electron chi connectivity index (χ3n) is 7.64. The lowest BCUT2D eigenvalue weighted by Crippen LogP contribution is -2.53. The fraction of sp³-hybridized carbons (Fsp3) is 0.407. The molecule has 33 heavy (non-hydrogen) atoms. The van der Waals surface area contributed by atoms with Crippen molar-refractivity contribution in [2.75, 3.05) is 44.2 Å². The Hall–Kier alpha value is -3.12. The predicted octanol–water partition coefficient (Wildman–Crippen LogP) is 2.72. The zero-order chi connectivity index (χ0) is 22.6. The van der Waals surface area contributed by atoms with Gasteiger partial charge in [0.15, 0.2) is 0 Å². The van der Waals surface area contributed by atoms with Gasteiger partial charge in [-0.1, -0.05) is 24.3 Å². The summed E-state index contributed by atoms with van der Waals surface area (Å²) >= 11 is 0. The highest BCUT2D eigenvalue weighted by atomic mass is 16.3. The summed E-state index contributed by atoms with van der Waals surface area (Å²) in [7, 11) is 0. The Morgan fingerprint density at radius 2 is 1.55 bits per heavy atom. The maximum atomic E-state index is 13.0. The van der Waals surface area contributed by atoms with Crippen molar-refractivity contribution in [3.63, 3.8) is 0 Å². The lowest BCUT2D eigenvalue weighted by Gasteiger charge is -2.36. The molecule has 2 heterocycles. The van der Waals surface area contributed by atoms with E-state index in [-0.39, 0.29) is 11.8 Å². The lowest BCUT2D eigenvalue weighted by atomic mass is 9.98. The van der Waals surface area contributed by atoms with Gasteiger partial charge in [0.05, 0.1) is 0 Å². The average Bonchev–Trinajstić information content (AvgIpc) is 3.51. The summed E-state index contributed by atoms with van der Waals surface area (Å²) < 4.78 is 0. The zero-order valence-corrected chi connectivity index (χ0v) is 18.8. The molecule has 6 rings (SSSR count). The number of rotatable bonds is 3. The third kappa shape index (κ3) is 3.62. The molecule has 2 aromatic carbocycles. The minimum absolute atomic E-state index is 0.00802. The SMILES string of the molecule is O=C(c1ccc(N2CCC3=C(Cc4ccccc43)C2)cc1)N1CCN(C(=O)C2(O)CC2)CC1. The van der Waals surface area contributed by atoms with E-state index in [4.69, 9.17) is 0 Å². The Kier molecular flexibility index (Phi) is 4.80. The minimum Gasteiger partial charge on any atom is -0.380 e. The van der Waals surface area contributed by atoms with Crippen LogP contribution in [0.5, 0.6) is 0 Å². The Balaban J connectivity index is 1.08. The van der Waals surface area contributed by atoms with Gasteiger partial charge in [-0.15, -0.1) is 0 Å². The quantitative estimate of drug-likeness (QED) is 0.792. The number of carbonyl (C=O) groups excluding carboxylic acids is 2. The topological polar surface area (TPSA) is 64.1 Å². The van der Waals surface area contributed by atoms with Gasteiger partial charge < -0.3 is 19.8 Å². The number of aliphatic hydroxyl groups is 1. The molecule has 0 atom stereocenters. The predicted molar refractivity (Wildman–Crippen MR) is 127 cm³/mol. The zero-order valence-electron chi connectivity index (χ0n) is 18.8. The van der Waals surface area contributed by atoms with Crippen LogP contribution in [0.4, 0.5) is 5.69 Å². The molecule has 1 N–H and O–H groups in total. The smallest absolute Gasteiger partial charge is 0.254 e. The molecule has 4 aliphatic rings. The number of hydrogen-bond donors (Lipinski definition) is 1. The van der Waals surface area contributed by atoms with Crippen LogP contribution in [0.25, 0.3) is 5.57 Å². The second-order valence-electron chi connectivity index (χ2n) is 9.75. The summed E-state index contributed by atoms with van der Waals surface area (Å²) in [6, 6.07) is 16.7. The van der Waals surface area contributed by atoms with Crippen molar-refractivity contribution in [1.29, 1.82) is 0 Å². The van der Waals surface area contributed by atoms with Crippen molar-refractivity contribution < 1.29 is 14.7 Å². The molecule has 2 amide bonds. The van der Waals surface area contributed by atoms with Gasteiger partial charge in [-0.25, -0.2) is 0 Å². The van der Waals surface area contributed by atoms with E-state index in [1.807, 2.05) is 17.0 Å². The van der Waals surface area contributed by atoms with Gasteiger partial charge in [0.2, 0.25) is 0 Å². The molecule has 0 bridgehead atoms. The molecule has 6 heteroatoms. The van der Waals surface area contributed by atoms with Gasteiger partial charge in [0.1, 0.15) is 5.60 Å². The van der Waals surface area contributed by atoms with Crippen LogP contribution in [0, 0.1) is 0 Å². The Morgan fingerprint density at radius 1 is 0.848 bits per heavy atom. The first kappa shape index (κ1) is 20.5.